The molecule has 0 unspecified atom stereocenters. The summed E-state index contributed by atoms with van der Waals surface area (Å²) in [7, 11) is -3.84. The highest BCUT2D eigenvalue weighted by Gasteiger charge is 2.72. The minimum Gasteiger partial charge on any atom is -0.445 e. The van der Waals surface area contributed by atoms with Crippen LogP contribution in [0.3, 0.4) is 0 Å². The van der Waals surface area contributed by atoms with Crippen molar-refractivity contribution in [3.63, 3.8) is 0 Å². The zero-order chi connectivity index (χ0) is 23.9. The first-order chi connectivity index (χ1) is 15.4. The Labute approximate surface area is 198 Å². The second kappa shape index (κ2) is 7.00. The third kappa shape index (κ3) is 2.85. The molecule has 7 nitrogen and oxygen atoms in total. The Balaban J connectivity index is 1.63. The predicted molar refractivity (Wildman–Crippen MR) is 123 cm³/mol. The molecule has 2 bridgehead atoms. The summed E-state index contributed by atoms with van der Waals surface area (Å²) in [6.45, 7) is 5.85. The van der Waals surface area contributed by atoms with Gasteiger partial charge < -0.3 is 10.5 Å². The van der Waals surface area contributed by atoms with E-state index in [0.29, 0.717) is 22.9 Å². The Morgan fingerprint density at radius 3 is 2.58 bits per heavy atom. The van der Waals surface area contributed by atoms with Gasteiger partial charge in [-0.05, 0) is 55.2 Å². The number of allylic oxidation sites excluding steroid dienone is 2. The molecule has 4 atom stereocenters. The van der Waals surface area contributed by atoms with Crippen molar-refractivity contribution >= 4 is 27.5 Å². The van der Waals surface area contributed by atoms with Crippen LogP contribution in [0.15, 0.2) is 47.1 Å². The van der Waals surface area contributed by atoms with Gasteiger partial charge >= 0.3 is 0 Å². The van der Waals surface area contributed by atoms with Crippen LogP contribution < -0.4 is 5.73 Å². The molecule has 4 aliphatic rings. The van der Waals surface area contributed by atoms with E-state index in [9.17, 15) is 18.5 Å². The monoisotopic (exact) mass is 487 g/mol. The van der Waals surface area contributed by atoms with E-state index in [1.54, 1.807) is 31.2 Å². The fourth-order valence-electron chi connectivity index (χ4n) is 6.82. The number of halogens is 1. The summed E-state index contributed by atoms with van der Waals surface area (Å²) >= 11 is 6.05. The Morgan fingerprint density at radius 2 is 1.97 bits per heavy atom. The van der Waals surface area contributed by atoms with E-state index >= 15 is 0 Å². The van der Waals surface area contributed by atoms with Crippen LogP contribution in [-0.4, -0.2) is 30.4 Å². The first kappa shape index (κ1) is 22.3. The maximum atomic E-state index is 14.1. The van der Waals surface area contributed by atoms with Crippen molar-refractivity contribution in [1.82, 2.24) is 4.31 Å². The van der Waals surface area contributed by atoms with Crippen molar-refractivity contribution in [1.29, 1.82) is 5.26 Å². The van der Waals surface area contributed by atoms with E-state index in [1.165, 1.54) is 0 Å². The molecule has 2 N–H and O–H groups in total. The molecule has 2 aliphatic heterocycles. The summed E-state index contributed by atoms with van der Waals surface area (Å²) in [5, 5.41) is 10.3. The maximum Gasteiger partial charge on any atom is 0.267 e. The van der Waals surface area contributed by atoms with E-state index < -0.39 is 27.3 Å². The van der Waals surface area contributed by atoms with Crippen molar-refractivity contribution < 1.29 is 17.9 Å². The summed E-state index contributed by atoms with van der Waals surface area (Å²) < 4.78 is 33.6. The Hall–Kier alpha value is -2.50. The summed E-state index contributed by atoms with van der Waals surface area (Å²) in [5.74, 6) is -1.00. The number of nitriles is 1. The van der Waals surface area contributed by atoms with Crippen LogP contribution in [0.25, 0.3) is 0 Å². The van der Waals surface area contributed by atoms with Crippen molar-refractivity contribution in [3.05, 3.63) is 57.6 Å². The number of nitrogens with two attached hydrogens (primary N) is 1. The first-order valence-electron chi connectivity index (χ1n) is 11.0. The molecule has 2 heterocycles. The minimum absolute atomic E-state index is 0.0260. The zero-order valence-corrected chi connectivity index (χ0v) is 20.3. The number of benzene rings is 1. The quantitative estimate of drug-likeness (QED) is 0.678. The molecule has 3 fully saturated rings. The van der Waals surface area contributed by atoms with Crippen LogP contribution in [0.4, 0.5) is 0 Å². The lowest BCUT2D eigenvalue weighted by Crippen LogP contribution is -2.45. The Kier molecular flexibility index (Phi) is 4.73. The molecule has 0 radical (unpaired) electrons. The van der Waals surface area contributed by atoms with E-state index in [0.717, 1.165) is 17.1 Å². The number of sulfonamides is 1. The van der Waals surface area contributed by atoms with Crippen LogP contribution in [0.2, 0.25) is 5.02 Å². The van der Waals surface area contributed by atoms with E-state index in [4.69, 9.17) is 22.1 Å². The summed E-state index contributed by atoms with van der Waals surface area (Å²) in [6.07, 6.45) is 2.45. The van der Waals surface area contributed by atoms with Crippen molar-refractivity contribution in [2.75, 3.05) is 5.75 Å². The molecule has 1 aromatic carbocycles. The molecule has 1 spiro atoms. The van der Waals surface area contributed by atoms with Gasteiger partial charge in [0.1, 0.15) is 17.4 Å². The second-order valence-electron chi connectivity index (χ2n) is 10.2. The van der Waals surface area contributed by atoms with Crippen LogP contribution in [0.5, 0.6) is 0 Å². The number of hydrogen-bond acceptors (Lipinski definition) is 6. The highest BCUT2D eigenvalue weighted by atomic mass is 35.5. The standard InChI is InChI=1S/C24H26ClN3O4S/c1-13-19(20(17(11-26)21(27)32-13)14-4-6-16(25)7-5-14)22(29)28-18-10-15-8-9-24(18,23(15,2)3)12-33(28,30)31/h4-7,15,18,20H,8-10,12,27H2,1-3H3/t15-,18-,20-,24-/m1/s1. The van der Waals surface area contributed by atoms with Gasteiger partial charge in [0.25, 0.3) is 5.91 Å². The number of hydrogen-bond donors (Lipinski definition) is 1. The lowest BCUT2D eigenvalue weighted by molar-refractivity contribution is -0.125. The topological polar surface area (TPSA) is 113 Å². The number of ether oxygens (including phenoxy) is 1. The second-order valence-corrected chi connectivity index (χ2v) is 12.5. The molecule has 33 heavy (non-hydrogen) atoms. The lowest BCUT2D eigenvalue weighted by atomic mass is 9.69. The molecular formula is C24H26ClN3O4S. The first-order valence-corrected chi connectivity index (χ1v) is 13.0. The summed E-state index contributed by atoms with van der Waals surface area (Å²) in [4.78, 5) is 14.1. The molecule has 2 saturated carbocycles. The molecule has 9 heteroatoms. The fourth-order valence-corrected chi connectivity index (χ4v) is 9.47. The van der Waals surface area contributed by atoms with Gasteiger partial charge in [-0.15, -0.1) is 0 Å². The van der Waals surface area contributed by atoms with Gasteiger partial charge in [0.15, 0.2) is 0 Å². The van der Waals surface area contributed by atoms with Crippen LogP contribution >= 0.6 is 11.6 Å². The number of carbonyl (C=O) groups excluding carboxylic acids is 1. The van der Waals surface area contributed by atoms with Crippen LogP contribution in [0.1, 0.15) is 51.5 Å². The van der Waals surface area contributed by atoms with Gasteiger partial charge in [-0.2, -0.15) is 5.26 Å². The normalized spacial score (nSPS) is 33.7. The van der Waals surface area contributed by atoms with Gasteiger partial charge in [-0.1, -0.05) is 37.6 Å². The van der Waals surface area contributed by atoms with Gasteiger partial charge in [0.2, 0.25) is 15.9 Å². The summed E-state index contributed by atoms with van der Waals surface area (Å²) in [5.41, 5.74) is 6.22. The highest BCUT2D eigenvalue weighted by molar-refractivity contribution is 7.90. The molecule has 1 aromatic rings. The molecule has 0 aromatic heterocycles. The van der Waals surface area contributed by atoms with Gasteiger partial charge in [-0.3, -0.25) is 4.79 Å². The average Bonchev–Trinajstić information content (AvgIpc) is 3.21. The smallest absolute Gasteiger partial charge is 0.267 e. The SMILES string of the molecule is CC1=C(C(=O)N2[C@@H]3C[C@H]4CC[C@]3(CS2(=O)=O)C4(C)C)[C@H](c2ccc(Cl)cc2)C(C#N)=C(N)O1. The molecular weight excluding hydrogens is 462 g/mol. The number of fused-ring (bicyclic) bond motifs is 1. The fraction of sp³-hybridized carbons (Fsp3) is 0.500. The van der Waals surface area contributed by atoms with Crippen molar-refractivity contribution in [3.8, 4) is 6.07 Å². The average molecular weight is 488 g/mol. The third-order valence-electron chi connectivity index (χ3n) is 8.65. The number of carbonyl (C=O) groups is 1. The highest BCUT2D eigenvalue weighted by Crippen LogP contribution is 2.70. The zero-order valence-electron chi connectivity index (χ0n) is 18.8. The molecule has 2 aliphatic carbocycles. The van der Waals surface area contributed by atoms with Gasteiger partial charge in [0, 0.05) is 10.4 Å². The molecule has 174 valence electrons. The minimum atomic E-state index is -3.84. The van der Waals surface area contributed by atoms with E-state index in [2.05, 4.69) is 19.9 Å². The molecule has 1 amide bonds. The van der Waals surface area contributed by atoms with Crippen LogP contribution in [0, 0.1) is 28.1 Å². The maximum absolute atomic E-state index is 14.1. The van der Waals surface area contributed by atoms with Gasteiger partial charge in [-0.25, -0.2) is 12.7 Å². The Bertz CT molecular complexity index is 1280. The van der Waals surface area contributed by atoms with E-state index in [-0.39, 0.29) is 40.0 Å². The summed E-state index contributed by atoms with van der Waals surface area (Å²) in [6, 6.07) is 8.42. The van der Waals surface area contributed by atoms with Crippen molar-refractivity contribution in [2.45, 2.75) is 52.0 Å². The number of nitrogens with zero attached hydrogens (tertiary/aromatic N) is 2. The van der Waals surface area contributed by atoms with Gasteiger partial charge in [0.05, 0.1) is 23.3 Å². The largest absolute Gasteiger partial charge is 0.445 e. The molecule has 1 saturated heterocycles. The van der Waals surface area contributed by atoms with Crippen molar-refractivity contribution in [2.24, 2.45) is 22.5 Å². The predicted octanol–water partition coefficient (Wildman–Crippen LogP) is 3.79. The third-order valence-corrected chi connectivity index (χ3v) is 10.8. The van der Waals surface area contributed by atoms with E-state index in [1.807, 2.05) is 0 Å². The number of rotatable bonds is 2. The Morgan fingerprint density at radius 1 is 1.30 bits per heavy atom. The molecule has 5 rings (SSSR count). The van der Waals surface area contributed by atoms with Crippen LogP contribution in [-0.2, 0) is 19.6 Å². The number of amides is 1. The lowest BCUT2D eigenvalue weighted by Gasteiger charge is -2.37.